The Kier molecular flexibility index (Phi) is 4.83. The predicted molar refractivity (Wildman–Crippen MR) is 108 cm³/mol. The number of nitro benzene ring substituents is 1. The number of nitrogens with zero attached hydrogens (tertiary/aromatic N) is 4. The zero-order valence-electron chi connectivity index (χ0n) is 14.9. The number of anilines is 1. The van der Waals surface area contributed by atoms with E-state index in [1.54, 1.807) is 11.1 Å². The first kappa shape index (κ1) is 18.2. The number of piperazine rings is 1. The molecule has 3 aromatic rings. The van der Waals surface area contributed by atoms with E-state index in [2.05, 4.69) is 9.88 Å². The van der Waals surface area contributed by atoms with Gasteiger partial charge < -0.3 is 9.80 Å². The number of halogens is 1. The van der Waals surface area contributed by atoms with Crippen LogP contribution in [0.3, 0.4) is 0 Å². The summed E-state index contributed by atoms with van der Waals surface area (Å²) in [6.07, 6.45) is 1.78. The van der Waals surface area contributed by atoms with Crippen LogP contribution in [0.25, 0.3) is 10.9 Å². The van der Waals surface area contributed by atoms with Crippen LogP contribution in [0.15, 0.2) is 54.7 Å². The fourth-order valence-electron chi connectivity index (χ4n) is 3.44. The van der Waals surface area contributed by atoms with E-state index >= 15 is 0 Å². The van der Waals surface area contributed by atoms with Gasteiger partial charge in [-0.3, -0.25) is 19.9 Å². The lowest BCUT2D eigenvalue weighted by molar-refractivity contribution is -0.384. The Morgan fingerprint density at radius 3 is 2.43 bits per heavy atom. The number of carbonyl (C=O) groups is 1. The van der Waals surface area contributed by atoms with Gasteiger partial charge in [0, 0.05) is 66.2 Å². The summed E-state index contributed by atoms with van der Waals surface area (Å²) in [5.74, 6) is -0.114. The summed E-state index contributed by atoms with van der Waals surface area (Å²) in [5.41, 5.74) is 2.37. The summed E-state index contributed by atoms with van der Waals surface area (Å²) in [6.45, 7) is 2.51. The van der Waals surface area contributed by atoms with Crippen LogP contribution < -0.4 is 4.90 Å². The molecule has 2 heterocycles. The monoisotopic (exact) mass is 396 g/mol. The van der Waals surface area contributed by atoms with Crippen LogP contribution in [-0.2, 0) is 0 Å². The molecule has 1 aromatic heterocycles. The molecule has 8 heteroatoms. The number of carbonyl (C=O) groups excluding carboxylic acids is 1. The molecule has 1 aliphatic rings. The Morgan fingerprint density at radius 2 is 1.75 bits per heavy atom. The van der Waals surface area contributed by atoms with Gasteiger partial charge in [0.15, 0.2) is 0 Å². The minimum Gasteiger partial charge on any atom is -0.367 e. The zero-order chi connectivity index (χ0) is 19.7. The number of rotatable bonds is 3. The second kappa shape index (κ2) is 7.44. The van der Waals surface area contributed by atoms with Crippen LogP contribution >= 0.6 is 11.6 Å². The topological polar surface area (TPSA) is 79.6 Å². The summed E-state index contributed by atoms with van der Waals surface area (Å²) in [6, 6.07) is 13.3. The summed E-state index contributed by atoms with van der Waals surface area (Å²) in [4.78, 5) is 31.4. The van der Waals surface area contributed by atoms with E-state index < -0.39 is 4.92 Å². The quantitative estimate of drug-likeness (QED) is 0.497. The first-order chi connectivity index (χ1) is 13.5. The minimum atomic E-state index is -0.474. The van der Waals surface area contributed by atoms with Gasteiger partial charge in [0.1, 0.15) is 0 Å². The average Bonchev–Trinajstić information content (AvgIpc) is 2.73. The van der Waals surface area contributed by atoms with Crippen molar-refractivity contribution >= 4 is 39.8 Å². The molecule has 0 atom stereocenters. The maximum atomic E-state index is 12.7. The van der Waals surface area contributed by atoms with Crippen LogP contribution in [0.5, 0.6) is 0 Å². The number of fused-ring (bicyclic) bond motifs is 1. The normalized spacial score (nSPS) is 14.3. The fraction of sp³-hybridized carbons (Fsp3) is 0.200. The van der Waals surface area contributed by atoms with Crippen LogP contribution in [0.2, 0.25) is 5.02 Å². The molecule has 1 amide bonds. The Labute approximate surface area is 166 Å². The highest BCUT2D eigenvalue weighted by Crippen LogP contribution is 2.28. The van der Waals surface area contributed by atoms with Crippen molar-refractivity contribution in [1.82, 2.24) is 9.88 Å². The van der Waals surface area contributed by atoms with Crippen LogP contribution in [0.4, 0.5) is 11.4 Å². The number of non-ortho nitro benzene ring substituents is 1. The van der Waals surface area contributed by atoms with E-state index in [0.29, 0.717) is 36.8 Å². The highest BCUT2D eigenvalue weighted by molar-refractivity contribution is 6.31. The molecule has 0 saturated carbocycles. The van der Waals surface area contributed by atoms with E-state index in [9.17, 15) is 14.9 Å². The second-order valence-corrected chi connectivity index (χ2v) is 7.01. The number of aromatic nitrogens is 1. The molecule has 0 unspecified atom stereocenters. The Balaban J connectivity index is 1.48. The van der Waals surface area contributed by atoms with Gasteiger partial charge in [0.2, 0.25) is 0 Å². The van der Waals surface area contributed by atoms with Crippen LogP contribution in [-0.4, -0.2) is 46.9 Å². The molecule has 0 spiro atoms. The van der Waals surface area contributed by atoms with E-state index in [1.807, 2.05) is 24.3 Å². The molecule has 2 aromatic carbocycles. The molecule has 1 fully saturated rings. The van der Waals surface area contributed by atoms with Crippen molar-refractivity contribution in [3.8, 4) is 0 Å². The molecule has 7 nitrogen and oxygen atoms in total. The Hall–Kier alpha value is -3.19. The number of hydrogen-bond acceptors (Lipinski definition) is 5. The van der Waals surface area contributed by atoms with E-state index in [1.165, 1.54) is 24.3 Å². The smallest absolute Gasteiger partial charge is 0.269 e. The number of hydrogen-bond donors (Lipinski definition) is 0. The van der Waals surface area contributed by atoms with Gasteiger partial charge in [-0.05, 0) is 36.4 Å². The van der Waals surface area contributed by atoms with Crippen molar-refractivity contribution in [3.05, 3.63) is 75.4 Å². The molecule has 0 radical (unpaired) electrons. The van der Waals surface area contributed by atoms with Gasteiger partial charge in [0.05, 0.1) is 10.4 Å². The summed E-state index contributed by atoms with van der Waals surface area (Å²) in [7, 11) is 0. The van der Waals surface area contributed by atoms with Crippen molar-refractivity contribution in [2.24, 2.45) is 0 Å². The standard InChI is InChI=1S/C20H17ClN4O3/c21-15-3-6-18-17(13-15)19(7-8-22-18)23-9-11-24(12-10-23)20(26)14-1-4-16(5-2-14)25(27)28/h1-8,13H,9-12H2. The predicted octanol–water partition coefficient (Wildman–Crippen LogP) is 3.76. The van der Waals surface area contributed by atoms with Crippen molar-refractivity contribution < 1.29 is 9.72 Å². The average molecular weight is 397 g/mol. The Bertz CT molecular complexity index is 1050. The highest BCUT2D eigenvalue weighted by Gasteiger charge is 2.23. The molecule has 1 saturated heterocycles. The number of nitro groups is 1. The van der Waals surface area contributed by atoms with Gasteiger partial charge in [0.25, 0.3) is 11.6 Å². The zero-order valence-corrected chi connectivity index (χ0v) is 15.7. The fourth-order valence-corrected chi connectivity index (χ4v) is 3.61. The molecule has 142 valence electrons. The molecule has 28 heavy (non-hydrogen) atoms. The molecule has 1 aliphatic heterocycles. The first-order valence-electron chi connectivity index (χ1n) is 8.86. The summed E-state index contributed by atoms with van der Waals surface area (Å²) in [5, 5.41) is 12.4. The largest absolute Gasteiger partial charge is 0.367 e. The maximum Gasteiger partial charge on any atom is 0.269 e. The van der Waals surface area contributed by atoms with E-state index in [4.69, 9.17) is 11.6 Å². The lowest BCUT2D eigenvalue weighted by Gasteiger charge is -2.36. The third-order valence-electron chi connectivity index (χ3n) is 4.91. The van der Waals surface area contributed by atoms with Crippen molar-refractivity contribution in [2.45, 2.75) is 0 Å². The highest BCUT2D eigenvalue weighted by atomic mass is 35.5. The van der Waals surface area contributed by atoms with Crippen molar-refractivity contribution in [1.29, 1.82) is 0 Å². The van der Waals surface area contributed by atoms with Crippen LogP contribution in [0.1, 0.15) is 10.4 Å². The van der Waals surface area contributed by atoms with E-state index in [-0.39, 0.29) is 11.6 Å². The summed E-state index contributed by atoms with van der Waals surface area (Å²) < 4.78 is 0. The third-order valence-corrected chi connectivity index (χ3v) is 5.15. The summed E-state index contributed by atoms with van der Waals surface area (Å²) >= 11 is 6.15. The van der Waals surface area contributed by atoms with Crippen molar-refractivity contribution in [3.63, 3.8) is 0 Å². The maximum absolute atomic E-state index is 12.7. The molecule has 4 rings (SSSR count). The Morgan fingerprint density at radius 1 is 1.04 bits per heavy atom. The van der Waals surface area contributed by atoms with Gasteiger partial charge in [-0.2, -0.15) is 0 Å². The SMILES string of the molecule is O=C(c1ccc([N+](=O)[O-])cc1)N1CCN(c2ccnc3ccc(Cl)cc23)CC1. The first-order valence-corrected chi connectivity index (χ1v) is 9.24. The molecule has 0 bridgehead atoms. The minimum absolute atomic E-state index is 0.0235. The lowest BCUT2D eigenvalue weighted by atomic mass is 10.1. The van der Waals surface area contributed by atoms with Gasteiger partial charge in [-0.25, -0.2) is 0 Å². The molecule has 0 N–H and O–H groups in total. The molecule has 0 aliphatic carbocycles. The molecular formula is C20H17ClN4O3. The number of pyridine rings is 1. The number of benzene rings is 2. The van der Waals surface area contributed by atoms with Gasteiger partial charge in [-0.1, -0.05) is 11.6 Å². The molecular weight excluding hydrogens is 380 g/mol. The third kappa shape index (κ3) is 3.48. The number of amides is 1. The van der Waals surface area contributed by atoms with Gasteiger partial charge in [-0.15, -0.1) is 0 Å². The van der Waals surface area contributed by atoms with Gasteiger partial charge >= 0.3 is 0 Å². The van der Waals surface area contributed by atoms with Crippen molar-refractivity contribution in [2.75, 3.05) is 31.1 Å². The van der Waals surface area contributed by atoms with Crippen LogP contribution in [0, 0.1) is 10.1 Å². The second-order valence-electron chi connectivity index (χ2n) is 6.57. The van der Waals surface area contributed by atoms with E-state index in [0.717, 1.165) is 16.6 Å². The lowest BCUT2D eigenvalue weighted by Crippen LogP contribution is -2.48.